The van der Waals surface area contributed by atoms with Gasteiger partial charge in [0.2, 0.25) is 0 Å². The van der Waals surface area contributed by atoms with E-state index in [4.69, 9.17) is 4.42 Å². The highest BCUT2D eigenvalue weighted by Gasteiger charge is 2.11. The molecule has 0 aliphatic rings. The first kappa shape index (κ1) is 16.2. The minimum atomic E-state index is -0.206. The van der Waals surface area contributed by atoms with Crippen LogP contribution in [0.1, 0.15) is 21.2 Å². The Labute approximate surface area is 142 Å². The van der Waals surface area contributed by atoms with E-state index in [-0.39, 0.29) is 11.5 Å². The van der Waals surface area contributed by atoms with E-state index >= 15 is 0 Å². The Hall–Kier alpha value is -2.67. The van der Waals surface area contributed by atoms with Crippen molar-refractivity contribution in [2.75, 3.05) is 6.54 Å². The topological polar surface area (TPSA) is 77.1 Å². The molecule has 6 nitrogen and oxygen atoms in total. The second-order valence-electron chi connectivity index (χ2n) is 5.34. The summed E-state index contributed by atoms with van der Waals surface area (Å²) in [4.78, 5) is 24.5. The van der Waals surface area contributed by atoms with Crippen LogP contribution in [0.15, 0.2) is 44.9 Å². The maximum atomic E-state index is 12.0. The number of furan rings is 1. The summed E-state index contributed by atoms with van der Waals surface area (Å²) in [5.41, 5.74) is 1.33. The molecule has 7 heteroatoms. The van der Waals surface area contributed by atoms with Crippen molar-refractivity contribution in [2.45, 2.75) is 20.4 Å². The Kier molecular flexibility index (Phi) is 4.61. The second kappa shape index (κ2) is 6.84. The molecule has 0 aliphatic carbocycles. The SMILES string of the molecule is Cc1cc(-c2ccc(=O)n(CCNC(=O)c3cccs3)n2)c(C)o1. The summed E-state index contributed by atoms with van der Waals surface area (Å²) in [7, 11) is 0. The van der Waals surface area contributed by atoms with Crippen LogP contribution in [0.25, 0.3) is 11.3 Å². The molecule has 3 aromatic rings. The number of nitrogens with zero attached hydrogens (tertiary/aromatic N) is 2. The summed E-state index contributed by atoms with van der Waals surface area (Å²) in [6.45, 7) is 4.36. The van der Waals surface area contributed by atoms with Crippen molar-refractivity contribution in [3.63, 3.8) is 0 Å². The first-order chi connectivity index (χ1) is 11.5. The van der Waals surface area contributed by atoms with Gasteiger partial charge >= 0.3 is 0 Å². The molecule has 1 amide bonds. The Morgan fingerprint density at radius 1 is 1.33 bits per heavy atom. The molecule has 0 fully saturated rings. The molecule has 0 saturated carbocycles. The molecule has 0 saturated heterocycles. The van der Waals surface area contributed by atoms with Crippen LogP contribution in [0.5, 0.6) is 0 Å². The lowest BCUT2D eigenvalue weighted by atomic mass is 10.2. The van der Waals surface area contributed by atoms with E-state index in [1.54, 1.807) is 12.1 Å². The van der Waals surface area contributed by atoms with Gasteiger partial charge in [0.15, 0.2) is 0 Å². The van der Waals surface area contributed by atoms with Crippen LogP contribution in [0, 0.1) is 13.8 Å². The average molecular weight is 343 g/mol. The van der Waals surface area contributed by atoms with E-state index < -0.39 is 0 Å². The largest absolute Gasteiger partial charge is 0.466 e. The van der Waals surface area contributed by atoms with E-state index in [0.29, 0.717) is 23.7 Å². The van der Waals surface area contributed by atoms with Crippen molar-refractivity contribution in [1.82, 2.24) is 15.1 Å². The summed E-state index contributed by atoms with van der Waals surface area (Å²) in [6, 6.07) is 8.63. The molecule has 0 spiro atoms. The molecule has 124 valence electrons. The van der Waals surface area contributed by atoms with Crippen molar-refractivity contribution < 1.29 is 9.21 Å². The third-order valence-corrected chi connectivity index (χ3v) is 4.41. The fourth-order valence-electron chi connectivity index (χ4n) is 2.41. The van der Waals surface area contributed by atoms with Crippen LogP contribution in [0.2, 0.25) is 0 Å². The maximum absolute atomic E-state index is 12.0. The van der Waals surface area contributed by atoms with Gasteiger partial charge in [-0.25, -0.2) is 4.68 Å². The zero-order valence-corrected chi connectivity index (χ0v) is 14.2. The minimum absolute atomic E-state index is 0.143. The number of rotatable bonds is 5. The van der Waals surface area contributed by atoms with E-state index in [9.17, 15) is 9.59 Å². The number of thiophene rings is 1. The molecule has 0 atom stereocenters. The normalized spacial score (nSPS) is 10.8. The number of nitrogens with one attached hydrogen (secondary N) is 1. The lowest BCUT2D eigenvalue weighted by Gasteiger charge is -2.07. The van der Waals surface area contributed by atoms with Crippen LogP contribution in [0.4, 0.5) is 0 Å². The summed E-state index contributed by atoms with van der Waals surface area (Å²) in [6.07, 6.45) is 0. The van der Waals surface area contributed by atoms with Crippen molar-refractivity contribution in [3.05, 3.63) is 62.5 Å². The van der Waals surface area contributed by atoms with E-state index in [1.807, 2.05) is 31.4 Å². The van der Waals surface area contributed by atoms with Crippen molar-refractivity contribution in [2.24, 2.45) is 0 Å². The molecular weight excluding hydrogens is 326 g/mol. The first-order valence-electron chi connectivity index (χ1n) is 7.52. The fraction of sp³-hybridized carbons (Fsp3) is 0.235. The van der Waals surface area contributed by atoms with Crippen LogP contribution >= 0.6 is 11.3 Å². The molecule has 3 heterocycles. The van der Waals surface area contributed by atoms with Gasteiger partial charge in [0.05, 0.1) is 17.1 Å². The number of amides is 1. The predicted octanol–water partition coefficient (Wildman–Crippen LogP) is 2.61. The number of aryl methyl sites for hydroxylation is 2. The van der Waals surface area contributed by atoms with Gasteiger partial charge in [0.1, 0.15) is 11.5 Å². The highest BCUT2D eigenvalue weighted by molar-refractivity contribution is 7.12. The monoisotopic (exact) mass is 343 g/mol. The molecule has 3 rings (SSSR count). The molecule has 0 bridgehead atoms. The van der Waals surface area contributed by atoms with Crippen LogP contribution in [0.3, 0.4) is 0 Å². The quantitative estimate of drug-likeness (QED) is 0.772. The third-order valence-electron chi connectivity index (χ3n) is 3.54. The van der Waals surface area contributed by atoms with Gasteiger partial charge in [-0.2, -0.15) is 5.10 Å². The molecule has 24 heavy (non-hydrogen) atoms. The first-order valence-corrected chi connectivity index (χ1v) is 8.40. The minimum Gasteiger partial charge on any atom is -0.466 e. The zero-order valence-electron chi connectivity index (χ0n) is 13.4. The third kappa shape index (κ3) is 3.46. The van der Waals surface area contributed by atoms with Crippen LogP contribution in [-0.4, -0.2) is 22.2 Å². The number of carbonyl (C=O) groups excluding carboxylic acids is 1. The Balaban J connectivity index is 1.72. The van der Waals surface area contributed by atoms with Gasteiger partial charge in [0.25, 0.3) is 11.5 Å². The molecule has 0 aromatic carbocycles. The van der Waals surface area contributed by atoms with Gasteiger partial charge in [0, 0.05) is 18.2 Å². The van der Waals surface area contributed by atoms with Gasteiger partial charge in [-0.3, -0.25) is 9.59 Å². The molecule has 3 aromatic heterocycles. The molecule has 0 aliphatic heterocycles. The molecule has 1 N–H and O–H groups in total. The fourth-order valence-corrected chi connectivity index (χ4v) is 3.05. The lowest BCUT2D eigenvalue weighted by Crippen LogP contribution is -2.31. The van der Waals surface area contributed by atoms with Crippen molar-refractivity contribution in [3.8, 4) is 11.3 Å². The molecule has 0 unspecified atom stereocenters. The highest BCUT2D eigenvalue weighted by Crippen LogP contribution is 2.23. The number of hydrogen-bond acceptors (Lipinski definition) is 5. The lowest BCUT2D eigenvalue weighted by molar-refractivity contribution is 0.0956. The van der Waals surface area contributed by atoms with E-state index in [1.165, 1.54) is 22.1 Å². The van der Waals surface area contributed by atoms with Gasteiger partial charge in [-0.15, -0.1) is 11.3 Å². The van der Waals surface area contributed by atoms with Gasteiger partial charge in [-0.1, -0.05) is 6.07 Å². The smallest absolute Gasteiger partial charge is 0.266 e. The van der Waals surface area contributed by atoms with Crippen molar-refractivity contribution in [1.29, 1.82) is 0 Å². The number of carbonyl (C=O) groups is 1. The van der Waals surface area contributed by atoms with Gasteiger partial charge in [-0.05, 0) is 37.4 Å². The molecule has 0 radical (unpaired) electrons. The standard InChI is InChI=1S/C17H17N3O3S/c1-11-10-13(12(2)23-11)14-5-6-16(21)20(19-14)8-7-18-17(22)15-4-3-9-24-15/h3-6,9-10H,7-8H2,1-2H3,(H,18,22). The zero-order chi connectivity index (χ0) is 17.1. The van der Waals surface area contributed by atoms with Crippen LogP contribution in [-0.2, 0) is 6.54 Å². The Morgan fingerprint density at radius 3 is 2.83 bits per heavy atom. The summed E-state index contributed by atoms with van der Waals surface area (Å²) in [5.74, 6) is 1.41. The summed E-state index contributed by atoms with van der Waals surface area (Å²) in [5, 5.41) is 9.01. The van der Waals surface area contributed by atoms with Crippen molar-refractivity contribution >= 4 is 17.2 Å². The van der Waals surface area contributed by atoms with E-state index in [0.717, 1.165) is 17.1 Å². The Bertz CT molecular complexity index is 910. The van der Waals surface area contributed by atoms with Crippen LogP contribution < -0.4 is 10.9 Å². The van der Waals surface area contributed by atoms with Gasteiger partial charge < -0.3 is 9.73 Å². The highest BCUT2D eigenvalue weighted by atomic mass is 32.1. The number of hydrogen-bond donors (Lipinski definition) is 1. The average Bonchev–Trinajstić information content (AvgIpc) is 3.19. The molecular formula is C17H17N3O3S. The maximum Gasteiger partial charge on any atom is 0.266 e. The Morgan fingerprint density at radius 2 is 2.17 bits per heavy atom. The summed E-state index contributed by atoms with van der Waals surface area (Å²) >= 11 is 1.38. The van der Waals surface area contributed by atoms with E-state index in [2.05, 4.69) is 10.4 Å². The predicted molar refractivity (Wildman–Crippen MR) is 92.3 cm³/mol. The number of aromatic nitrogens is 2. The summed E-state index contributed by atoms with van der Waals surface area (Å²) < 4.78 is 6.86. The second-order valence-corrected chi connectivity index (χ2v) is 6.29.